The van der Waals surface area contributed by atoms with Crippen LogP contribution in [0.15, 0.2) is 24.3 Å². The van der Waals surface area contributed by atoms with E-state index < -0.39 is 0 Å². The molecule has 1 aliphatic heterocycles. The summed E-state index contributed by atoms with van der Waals surface area (Å²) in [6.45, 7) is 0.424. The molecule has 2 aliphatic carbocycles. The first-order valence-corrected chi connectivity index (χ1v) is 10.3. The predicted molar refractivity (Wildman–Crippen MR) is 104 cm³/mol. The van der Waals surface area contributed by atoms with E-state index in [9.17, 15) is 9.59 Å². The summed E-state index contributed by atoms with van der Waals surface area (Å²) in [5.74, 6) is 0.627. The van der Waals surface area contributed by atoms with Crippen LogP contribution in [0.25, 0.3) is 0 Å². The Hall–Kier alpha value is -2.08. The lowest BCUT2D eigenvalue weighted by Crippen LogP contribution is -2.59. The molecule has 6 heteroatoms. The van der Waals surface area contributed by atoms with E-state index >= 15 is 0 Å². The minimum absolute atomic E-state index is 0.0203. The molecule has 1 aromatic rings. The topological polar surface area (TPSA) is 70.7 Å². The van der Waals surface area contributed by atoms with E-state index in [-0.39, 0.29) is 24.5 Å². The summed E-state index contributed by atoms with van der Waals surface area (Å²) in [5, 5.41) is 6.90. The van der Waals surface area contributed by atoms with Gasteiger partial charge in [0.05, 0.1) is 5.69 Å². The lowest BCUT2D eigenvalue weighted by atomic mass is 9.84. The van der Waals surface area contributed by atoms with Crippen molar-refractivity contribution in [2.24, 2.45) is 0 Å². The Morgan fingerprint density at radius 3 is 2.63 bits per heavy atom. The number of hydrogen-bond acceptors (Lipinski definition) is 4. The Kier molecular flexibility index (Phi) is 5.62. The summed E-state index contributed by atoms with van der Waals surface area (Å²) in [6.07, 6.45) is 8.99. The number of fused-ring (bicyclic) bond motifs is 1. The molecular weight excluding hydrogens is 342 g/mol. The van der Waals surface area contributed by atoms with E-state index in [2.05, 4.69) is 10.6 Å². The minimum Gasteiger partial charge on any atom is -0.482 e. The second kappa shape index (κ2) is 8.30. The van der Waals surface area contributed by atoms with E-state index in [0.717, 1.165) is 18.5 Å². The summed E-state index contributed by atoms with van der Waals surface area (Å²) in [4.78, 5) is 26.3. The van der Waals surface area contributed by atoms with Gasteiger partial charge in [0.25, 0.3) is 5.91 Å². The number of benzene rings is 1. The van der Waals surface area contributed by atoms with E-state index in [4.69, 9.17) is 4.74 Å². The molecule has 0 saturated heterocycles. The number of nitrogens with one attached hydrogen (secondary N) is 2. The largest absolute Gasteiger partial charge is 0.482 e. The van der Waals surface area contributed by atoms with Crippen LogP contribution in [0.5, 0.6) is 5.75 Å². The zero-order valence-electron chi connectivity index (χ0n) is 15.8. The summed E-state index contributed by atoms with van der Waals surface area (Å²) in [7, 11) is 0. The van der Waals surface area contributed by atoms with Gasteiger partial charge in [0, 0.05) is 31.1 Å². The van der Waals surface area contributed by atoms with Crippen LogP contribution in [0.3, 0.4) is 0 Å². The van der Waals surface area contributed by atoms with Crippen LogP contribution in [0.4, 0.5) is 5.69 Å². The van der Waals surface area contributed by atoms with Crippen molar-refractivity contribution in [3.63, 3.8) is 0 Å². The summed E-state index contributed by atoms with van der Waals surface area (Å²) in [5.41, 5.74) is 0.752. The first-order valence-electron chi connectivity index (χ1n) is 10.3. The number of nitrogens with zero attached hydrogens (tertiary/aromatic N) is 1. The Labute approximate surface area is 160 Å². The highest BCUT2D eigenvalue weighted by Gasteiger charge is 2.34. The van der Waals surface area contributed by atoms with Crippen LogP contribution in [0.1, 0.15) is 51.4 Å². The number of rotatable bonds is 6. The molecule has 4 rings (SSSR count). The second-order valence-electron chi connectivity index (χ2n) is 7.91. The lowest BCUT2D eigenvalue weighted by molar-refractivity contribution is -0.123. The van der Waals surface area contributed by atoms with Crippen molar-refractivity contribution in [3.05, 3.63) is 24.3 Å². The standard InChI is InChI=1S/C21H29N3O3/c25-20(23-17-11-10-16(17)22-15-6-2-1-3-7-15)12-13-24-18-8-4-5-9-19(18)27-14-21(24)26/h4-5,8-9,15-17,22H,1-3,6-7,10-14H2,(H,23,25)/t16-,17+/m0/s1. The molecule has 0 spiro atoms. The maximum absolute atomic E-state index is 12.4. The van der Waals surface area contributed by atoms with Crippen molar-refractivity contribution in [1.29, 1.82) is 0 Å². The van der Waals surface area contributed by atoms with Gasteiger partial charge in [-0.25, -0.2) is 0 Å². The highest BCUT2D eigenvalue weighted by Crippen LogP contribution is 2.31. The molecule has 2 N–H and O–H groups in total. The highest BCUT2D eigenvalue weighted by atomic mass is 16.5. The molecule has 0 bridgehead atoms. The van der Waals surface area contributed by atoms with Crippen LogP contribution in [-0.2, 0) is 9.59 Å². The number of hydrogen-bond donors (Lipinski definition) is 2. The third kappa shape index (κ3) is 4.26. The van der Waals surface area contributed by atoms with Gasteiger partial charge in [-0.05, 0) is 37.8 Å². The molecular formula is C21H29N3O3. The fourth-order valence-electron chi connectivity index (χ4n) is 4.34. The van der Waals surface area contributed by atoms with Crippen LogP contribution in [-0.4, -0.2) is 43.1 Å². The predicted octanol–water partition coefficient (Wildman–Crippen LogP) is 2.37. The van der Waals surface area contributed by atoms with Gasteiger partial charge in [-0.15, -0.1) is 0 Å². The maximum atomic E-state index is 12.4. The van der Waals surface area contributed by atoms with Crippen molar-refractivity contribution >= 4 is 17.5 Å². The van der Waals surface area contributed by atoms with Gasteiger partial charge in [-0.3, -0.25) is 9.59 Å². The second-order valence-corrected chi connectivity index (χ2v) is 7.91. The van der Waals surface area contributed by atoms with Gasteiger partial charge >= 0.3 is 0 Å². The van der Waals surface area contributed by atoms with Crippen LogP contribution >= 0.6 is 0 Å². The van der Waals surface area contributed by atoms with Crippen LogP contribution in [0.2, 0.25) is 0 Å². The fraction of sp³-hybridized carbons (Fsp3) is 0.619. The molecule has 146 valence electrons. The molecule has 2 saturated carbocycles. The first-order chi connectivity index (χ1) is 13.2. The molecule has 2 atom stereocenters. The third-order valence-corrected chi connectivity index (χ3v) is 6.05. The molecule has 6 nitrogen and oxygen atoms in total. The van der Waals surface area contributed by atoms with Gasteiger partial charge in [-0.1, -0.05) is 31.4 Å². The van der Waals surface area contributed by atoms with E-state index in [1.54, 1.807) is 4.90 Å². The summed E-state index contributed by atoms with van der Waals surface area (Å²) in [6, 6.07) is 8.73. The Morgan fingerprint density at radius 1 is 1.07 bits per heavy atom. The molecule has 3 aliphatic rings. The number of carbonyl (C=O) groups excluding carboxylic acids is 2. The number of para-hydroxylation sites is 2. The zero-order chi connectivity index (χ0) is 18.6. The molecule has 0 unspecified atom stereocenters. The SMILES string of the molecule is O=C(CCN1C(=O)COc2ccccc21)N[C@@H]1CC[C@@H]1NC1CCCCC1. The van der Waals surface area contributed by atoms with Crippen molar-refractivity contribution in [3.8, 4) is 5.75 Å². The third-order valence-electron chi connectivity index (χ3n) is 6.05. The van der Waals surface area contributed by atoms with E-state index in [0.29, 0.717) is 30.8 Å². The van der Waals surface area contributed by atoms with Crippen LogP contribution in [0, 0.1) is 0 Å². The van der Waals surface area contributed by atoms with Gasteiger partial charge in [0.1, 0.15) is 5.75 Å². The molecule has 1 aromatic carbocycles. The Bertz CT molecular complexity index is 687. The number of amides is 2. The maximum Gasteiger partial charge on any atom is 0.265 e. The average Bonchev–Trinajstić information content (AvgIpc) is 2.69. The van der Waals surface area contributed by atoms with Gasteiger partial charge in [0.2, 0.25) is 5.91 Å². The highest BCUT2D eigenvalue weighted by molar-refractivity contribution is 5.98. The first kappa shape index (κ1) is 18.3. The smallest absolute Gasteiger partial charge is 0.265 e. The van der Waals surface area contributed by atoms with Crippen molar-refractivity contribution < 1.29 is 14.3 Å². The number of anilines is 1. The Balaban J connectivity index is 1.26. The molecule has 2 amide bonds. The zero-order valence-corrected chi connectivity index (χ0v) is 15.8. The molecule has 27 heavy (non-hydrogen) atoms. The number of ether oxygens (including phenoxy) is 1. The minimum atomic E-state index is -0.0954. The summed E-state index contributed by atoms with van der Waals surface area (Å²) < 4.78 is 5.45. The quantitative estimate of drug-likeness (QED) is 0.805. The van der Waals surface area contributed by atoms with Gasteiger partial charge in [0.15, 0.2) is 6.61 Å². The molecule has 1 heterocycles. The van der Waals surface area contributed by atoms with Gasteiger partial charge in [-0.2, -0.15) is 0 Å². The fourth-order valence-corrected chi connectivity index (χ4v) is 4.34. The van der Waals surface area contributed by atoms with Crippen LogP contribution < -0.4 is 20.3 Å². The number of carbonyl (C=O) groups is 2. The van der Waals surface area contributed by atoms with E-state index in [1.807, 2.05) is 24.3 Å². The molecule has 0 radical (unpaired) electrons. The molecule has 2 fully saturated rings. The average molecular weight is 371 g/mol. The normalized spacial score (nSPS) is 25.3. The van der Waals surface area contributed by atoms with Crippen molar-refractivity contribution in [2.45, 2.75) is 69.5 Å². The monoisotopic (exact) mass is 371 g/mol. The van der Waals surface area contributed by atoms with Gasteiger partial charge < -0.3 is 20.3 Å². The van der Waals surface area contributed by atoms with Crippen molar-refractivity contribution in [2.75, 3.05) is 18.1 Å². The molecule has 0 aromatic heterocycles. The Morgan fingerprint density at radius 2 is 1.85 bits per heavy atom. The van der Waals surface area contributed by atoms with E-state index in [1.165, 1.54) is 32.1 Å². The summed E-state index contributed by atoms with van der Waals surface area (Å²) >= 11 is 0. The lowest BCUT2D eigenvalue weighted by Gasteiger charge is -2.41. The van der Waals surface area contributed by atoms with Crippen molar-refractivity contribution in [1.82, 2.24) is 10.6 Å².